The molecule has 2 rings (SSSR count). The number of hydrogen-bond acceptors (Lipinski definition) is 4. The molecule has 0 aliphatic heterocycles. The Morgan fingerprint density at radius 3 is 2.20 bits per heavy atom. The van der Waals surface area contributed by atoms with Crippen LogP contribution in [0.3, 0.4) is 0 Å². The predicted octanol–water partition coefficient (Wildman–Crippen LogP) is 4.25. The molecule has 0 aliphatic carbocycles. The van der Waals surface area contributed by atoms with Crippen molar-refractivity contribution in [2.75, 3.05) is 0 Å². The fourth-order valence-corrected chi connectivity index (χ4v) is 2.69. The van der Waals surface area contributed by atoms with Crippen molar-refractivity contribution in [3.8, 4) is 0 Å². The summed E-state index contributed by atoms with van der Waals surface area (Å²) in [5, 5.41) is 0.683. The Labute approximate surface area is 124 Å². The molecule has 0 N–H and O–H groups in total. The third-order valence-electron chi connectivity index (χ3n) is 2.53. The number of rotatable bonds is 3. The van der Waals surface area contributed by atoms with Crippen molar-refractivity contribution in [2.45, 2.75) is 45.5 Å². The average Bonchev–Trinajstić information content (AvgIpc) is 2.39. The Balaban J connectivity index is 0.000000956. The molecule has 5 heteroatoms. The highest BCUT2D eigenvalue weighted by Crippen LogP contribution is 2.23. The van der Waals surface area contributed by atoms with Crippen molar-refractivity contribution < 1.29 is 4.39 Å². The van der Waals surface area contributed by atoms with Crippen LogP contribution < -0.4 is 0 Å². The second-order valence-electron chi connectivity index (χ2n) is 4.14. The molecule has 0 bridgehead atoms. The van der Waals surface area contributed by atoms with Gasteiger partial charge in [0.1, 0.15) is 5.82 Å². The molecule has 2 aromatic heterocycles. The van der Waals surface area contributed by atoms with Gasteiger partial charge in [-0.2, -0.15) is 0 Å². The lowest BCUT2D eigenvalue weighted by atomic mass is 10.2. The van der Waals surface area contributed by atoms with E-state index in [-0.39, 0.29) is 5.82 Å². The van der Waals surface area contributed by atoms with Gasteiger partial charge in [-0.1, -0.05) is 25.6 Å². The molecule has 108 valence electrons. The maximum atomic E-state index is 13.6. The minimum absolute atomic E-state index is 0.271. The highest BCUT2D eigenvalue weighted by molar-refractivity contribution is 7.98. The number of pyridine rings is 1. The van der Waals surface area contributed by atoms with Gasteiger partial charge in [0.25, 0.3) is 0 Å². The molecule has 0 saturated carbocycles. The molecule has 0 amide bonds. The lowest BCUT2D eigenvalue weighted by molar-refractivity contribution is 0.608. The van der Waals surface area contributed by atoms with Crippen LogP contribution >= 0.6 is 11.8 Å². The minimum Gasteiger partial charge on any atom is -0.261 e. The van der Waals surface area contributed by atoms with Gasteiger partial charge in [-0.3, -0.25) is 4.98 Å². The van der Waals surface area contributed by atoms with E-state index in [4.69, 9.17) is 0 Å². The third-order valence-corrected chi connectivity index (χ3v) is 3.40. The SMILES string of the molecule is CC.Cc1cc(C)nc(SCc2c(C)cncc2F)n1. The normalized spacial score (nSPS) is 9.90. The Morgan fingerprint density at radius 2 is 1.65 bits per heavy atom. The van der Waals surface area contributed by atoms with Gasteiger partial charge in [-0.15, -0.1) is 0 Å². The van der Waals surface area contributed by atoms with E-state index in [1.165, 1.54) is 18.0 Å². The molecule has 0 radical (unpaired) electrons. The van der Waals surface area contributed by atoms with E-state index in [2.05, 4.69) is 15.0 Å². The van der Waals surface area contributed by atoms with E-state index in [1.54, 1.807) is 6.20 Å². The van der Waals surface area contributed by atoms with Crippen molar-refractivity contribution in [1.82, 2.24) is 15.0 Å². The van der Waals surface area contributed by atoms with Gasteiger partial charge in [0.2, 0.25) is 0 Å². The summed E-state index contributed by atoms with van der Waals surface area (Å²) in [7, 11) is 0. The molecule has 0 saturated heterocycles. The van der Waals surface area contributed by atoms with Crippen LogP contribution in [-0.4, -0.2) is 15.0 Å². The van der Waals surface area contributed by atoms with Crippen LogP contribution in [0, 0.1) is 26.6 Å². The summed E-state index contributed by atoms with van der Waals surface area (Å²) in [4.78, 5) is 12.5. The van der Waals surface area contributed by atoms with E-state index in [9.17, 15) is 4.39 Å². The quantitative estimate of drug-likeness (QED) is 0.626. The molecule has 2 aromatic rings. The number of thioether (sulfide) groups is 1. The molecule has 0 unspecified atom stereocenters. The second kappa shape index (κ2) is 7.94. The Bertz CT molecular complexity index is 533. The molecule has 2 heterocycles. The minimum atomic E-state index is -0.271. The maximum Gasteiger partial charge on any atom is 0.188 e. The number of nitrogens with zero attached hydrogens (tertiary/aromatic N) is 3. The zero-order valence-electron chi connectivity index (χ0n) is 12.6. The monoisotopic (exact) mass is 293 g/mol. The van der Waals surface area contributed by atoms with Crippen LogP contribution in [0.2, 0.25) is 0 Å². The van der Waals surface area contributed by atoms with Crippen LogP contribution in [0.15, 0.2) is 23.6 Å². The fraction of sp³-hybridized carbons (Fsp3) is 0.400. The molecule has 3 nitrogen and oxygen atoms in total. The molecule has 0 fully saturated rings. The summed E-state index contributed by atoms with van der Waals surface area (Å²) in [6.07, 6.45) is 2.91. The fourth-order valence-electron chi connectivity index (χ4n) is 1.64. The highest BCUT2D eigenvalue weighted by Gasteiger charge is 2.08. The Morgan fingerprint density at radius 1 is 1.05 bits per heavy atom. The van der Waals surface area contributed by atoms with Crippen LogP contribution in [0.5, 0.6) is 0 Å². The summed E-state index contributed by atoms with van der Waals surface area (Å²) >= 11 is 1.44. The first-order valence-electron chi connectivity index (χ1n) is 6.60. The molecular formula is C15H20FN3S. The topological polar surface area (TPSA) is 38.7 Å². The van der Waals surface area contributed by atoms with E-state index >= 15 is 0 Å². The lowest BCUT2D eigenvalue weighted by Crippen LogP contribution is -1.97. The summed E-state index contributed by atoms with van der Waals surface area (Å²) in [6, 6.07) is 1.92. The third kappa shape index (κ3) is 4.56. The second-order valence-corrected chi connectivity index (χ2v) is 5.08. The smallest absolute Gasteiger partial charge is 0.188 e. The van der Waals surface area contributed by atoms with Crippen LogP contribution in [0.4, 0.5) is 4.39 Å². The highest BCUT2D eigenvalue weighted by atomic mass is 32.2. The van der Waals surface area contributed by atoms with E-state index in [0.29, 0.717) is 16.5 Å². The molecule has 20 heavy (non-hydrogen) atoms. The molecule has 0 aromatic carbocycles. The van der Waals surface area contributed by atoms with Gasteiger partial charge >= 0.3 is 0 Å². The average molecular weight is 293 g/mol. The lowest BCUT2D eigenvalue weighted by Gasteiger charge is -2.06. The maximum absolute atomic E-state index is 13.6. The Hall–Kier alpha value is -1.49. The van der Waals surface area contributed by atoms with Gasteiger partial charge in [-0.05, 0) is 32.4 Å². The van der Waals surface area contributed by atoms with Crippen LogP contribution in [0.1, 0.15) is 36.4 Å². The summed E-state index contributed by atoms with van der Waals surface area (Å²) < 4.78 is 13.6. The zero-order chi connectivity index (χ0) is 15.1. The molecule has 0 aliphatic rings. The van der Waals surface area contributed by atoms with Crippen molar-refractivity contribution in [1.29, 1.82) is 0 Å². The molecular weight excluding hydrogens is 273 g/mol. The number of hydrogen-bond donors (Lipinski definition) is 0. The van der Waals surface area contributed by atoms with Gasteiger partial charge < -0.3 is 0 Å². The van der Waals surface area contributed by atoms with Gasteiger partial charge in [0.15, 0.2) is 5.16 Å². The molecule has 0 spiro atoms. The van der Waals surface area contributed by atoms with Crippen molar-refractivity contribution >= 4 is 11.8 Å². The summed E-state index contributed by atoms with van der Waals surface area (Å²) in [6.45, 7) is 9.71. The first kappa shape index (κ1) is 16.6. The predicted molar refractivity (Wildman–Crippen MR) is 81.3 cm³/mol. The van der Waals surface area contributed by atoms with Crippen molar-refractivity contribution in [2.24, 2.45) is 0 Å². The summed E-state index contributed by atoms with van der Waals surface area (Å²) in [5.41, 5.74) is 3.37. The first-order chi connectivity index (χ1) is 9.56. The van der Waals surface area contributed by atoms with Gasteiger partial charge in [0.05, 0.1) is 6.20 Å². The Kier molecular flexibility index (Phi) is 6.58. The first-order valence-corrected chi connectivity index (χ1v) is 7.59. The van der Waals surface area contributed by atoms with Crippen molar-refractivity contribution in [3.63, 3.8) is 0 Å². The number of aromatic nitrogens is 3. The van der Waals surface area contributed by atoms with E-state index < -0.39 is 0 Å². The standard InChI is InChI=1S/C13H14FN3S.C2H6/c1-8-5-15-6-12(14)11(8)7-18-13-16-9(2)4-10(3)17-13;1-2/h4-6H,7H2,1-3H3;1-2H3. The number of aryl methyl sites for hydroxylation is 3. The van der Waals surface area contributed by atoms with Crippen LogP contribution in [0.25, 0.3) is 0 Å². The van der Waals surface area contributed by atoms with E-state index in [1.807, 2.05) is 40.7 Å². The van der Waals surface area contributed by atoms with Crippen LogP contribution in [-0.2, 0) is 5.75 Å². The van der Waals surface area contributed by atoms with Gasteiger partial charge in [-0.25, -0.2) is 14.4 Å². The van der Waals surface area contributed by atoms with E-state index in [0.717, 1.165) is 17.0 Å². The summed E-state index contributed by atoms with van der Waals surface area (Å²) in [5.74, 6) is 0.246. The molecule has 0 atom stereocenters. The largest absolute Gasteiger partial charge is 0.261 e. The zero-order valence-corrected chi connectivity index (χ0v) is 13.4. The number of halogens is 1. The van der Waals surface area contributed by atoms with Crippen molar-refractivity contribution in [3.05, 3.63) is 46.8 Å². The van der Waals surface area contributed by atoms with Gasteiger partial charge in [0, 0.05) is 28.9 Å².